The Morgan fingerprint density at radius 3 is 2.11 bits per heavy atom. The molecule has 3 rings (SSSR count). The van der Waals surface area contributed by atoms with Crippen LogP contribution in [0.1, 0.15) is 38.5 Å². The van der Waals surface area contributed by atoms with Gasteiger partial charge in [0.1, 0.15) is 11.0 Å². The number of hydrogen-bond acceptors (Lipinski definition) is 4. The molecule has 2 saturated carbocycles. The Bertz CT molecular complexity index is 383. The maximum absolute atomic E-state index is 11.9. The highest BCUT2D eigenvalue weighted by atomic mass is 32.2. The van der Waals surface area contributed by atoms with Gasteiger partial charge in [-0.2, -0.15) is 0 Å². The van der Waals surface area contributed by atoms with Crippen LogP contribution in [0.15, 0.2) is 0 Å². The van der Waals surface area contributed by atoms with E-state index in [1.807, 2.05) is 0 Å². The summed E-state index contributed by atoms with van der Waals surface area (Å²) in [6.07, 6.45) is 5.09. The number of rotatable bonds is 6. The highest BCUT2D eigenvalue weighted by Gasteiger charge is 2.66. The van der Waals surface area contributed by atoms with Crippen molar-refractivity contribution in [2.24, 2.45) is 17.3 Å². The largest absolute Gasteiger partial charge is 0.481 e. The molecule has 0 amide bonds. The van der Waals surface area contributed by atoms with Gasteiger partial charge in [-0.15, -0.1) is 0 Å². The first-order valence-corrected chi connectivity index (χ1v) is 7.84. The van der Waals surface area contributed by atoms with E-state index in [0.29, 0.717) is 30.4 Å². The number of carboxylic acids is 2. The SMILES string of the molecule is O=C(O)C1(CC2CC2)CSNC1(CC1CC1)C(=O)O. The summed E-state index contributed by atoms with van der Waals surface area (Å²) in [6, 6.07) is 0. The first-order chi connectivity index (χ1) is 9.00. The summed E-state index contributed by atoms with van der Waals surface area (Å²) in [5.74, 6) is -0.806. The van der Waals surface area contributed by atoms with Crippen molar-refractivity contribution in [1.29, 1.82) is 0 Å². The first-order valence-electron chi connectivity index (χ1n) is 6.86. The molecule has 6 heteroatoms. The zero-order valence-corrected chi connectivity index (χ0v) is 11.5. The average Bonchev–Trinajstić information content (AvgIpc) is 3.21. The molecule has 2 atom stereocenters. The molecule has 5 nitrogen and oxygen atoms in total. The predicted molar refractivity (Wildman–Crippen MR) is 70.7 cm³/mol. The molecule has 0 aromatic rings. The highest BCUT2D eigenvalue weighted by molar-refractivity contribution is 7.97. The molecule has 19 heavy (non-hydrogen) atoms. The van der Waals surface area contributed by atoms with Gasteiger partial charge in [0.15, 0.2) is 0 Å². The monoisotopic (exact) mass is 285 g/mol. The van der Waals surface area contributed by atoms with Gasteiger partial charge in [0.05, 0.1) is 0 Å². The Hall–Kier alpha value is -0.750. The molecule has 0 aromatic heterocycles. The van der Waals surface area contributed by atoms with Crippen LogP contribution in [0.4, 0.5) is 0 Å². The number of carbonyl (C=O) groups is 2. The fourth-order valence-corrected chi connectivity index (χ4v) is 4.63. The lowest BCUT2D eigenvalue weighted by Gasteiger charge is -2.39. The minimum atomic E-state index is -1.28. The van der Waals surface area contributed by atoms with Crippen molar-refractivity contribution in [1.82, 2.24) is 4.72 Å². The molecule has 0 radical (unpaired) electrons. The van der Waals surface area contributed by atoms with E-state index in [4.69, 9.17) is 0 Å². The van der Waals surface area contributed by atoms with Crippen LogP contribution in [0.3, 0.4) is 0 Å². The Labute approximate surface area is 116 Å². The maximum Gasteiger partial charge on any atom is 0.325 e. The van der Waals surface area contributed by atoms with Gasteiger partial charge in [-0.25, -0.2) is 4.72 Å². The molecular weight excluding hydrogens is 266 g/mol. The Morgan fingerprint density at radius 2 is 1.63 bits per heavy atom. The quantitative estimate of drug-likeness (QED) is 0.644. The van der Waals surface area contributed by atoms with Gasteiger partial charge in [-0.05, 0) is 24.7 Å². The van der Waals surface area contributed by atoms with E-state index in [2.05, 4.69) is 4.72 Å². The number of aliphatic carboxylic acids is 2. The molecule has 3 N–H and O–H groups in total. The van der Waals surface area contributed by atoms with E-state index in [0.717, 1.165) is 25.7 Å². The second-order valence-corrected chi connectivity index (χ2v) is 7.06. The maximum atomic E-state index is 11.9. The zero-order valence-electron chi connectivity index (χ0n) is 10.7. The van der Waals surface area contributed by atoms with E-state index < -0.39 is 22.9 Å². The van der Waals surface area contributed by atoms with Gasteiger partial charge >= 0.3 is 11.9 Å². The number of carboxylic acid groups (broad SMARTS) is 2. The van der Waals surface area contributed by atoms with Crippen molar-refractivity contribution < 1.29 is 19.8 Å². The minimum Gasteiger partial charge on any atom is -0.481 e. The molecule has 3 aliphatic rings. The molecule has 3 fully saturated rings. The molecule has 1 saturated heterocycles. The highest BCUT2D eigenvalue weighted by Crippen LogP contribution is 2.55. The molecule has 0 bridgehead atoms. The minimum absolute atomic E-state index is 0.359. The van der Waals surface area contributed by atoms with E-state index >= 15 is 0 Å². The van der Waals surface area contributed by atoms with Gasteiger partial charge in [0.2, 0.25) is 0 Å². The van der Waals surface area contributed by atoms with Gasteiger partial charge in [0.25, 0.3) is 0 Å². The number of nitrogens with one attached hydrogen (secondary N) is 1. The summed E-state index contributed by atoms with van der Waals surface area (Å²) in [7, 11) is 0. The van der Waals surface area contributed by atoms with Crippen LogP contribution in [0, 0.1) is 17.3 Å². The molecule has 0 aromatic carbocycles. The summed E-state index contributed by atoms with van der Waals surface area (Å²) in [5.41, 5.74) is -2.43. The van der Waals surface area contributed by atoms with E-state index in [1.165, 1.54) is 11.9 Å². The fraction of sp³-hybridized carbons (Fsp3) is 0.846. The van der Waals surface area contributed by atoms with E-state index in [-0.39, 0.29) is 0 Å². The summed E-state index contributed by atoms with van der Waals surface area (Å²) in [6.45, 7) is 0. The summed E-state index contributed by atoms with van der Waals surface area (Å²) in [4.78, 5) is 23.8. The summed E-state index contributed by atoms with van der Waals surface area (Å²) < 4.78 is 2.98. The first kappa shape index (κ1) is 13.2. The van der Waals surface area contributed by atoms with E-state index in [9.17, 15) is 19.8 Å². The standard InChI is InChI=1S/C13H19NO4S/c15-10(16)12(5-8-1-2-8)7-19-14-13(12,11(17)18)6-9-3-4-9/h8-9,14H,1-7H2,(H,15,16)(H,17,18). The lowest BCUT2D eigenvalue weighted by molar-refractivity contribution is -0.165. The van der Waals surface area contributed by atoms with Crippen molar-refractivity contribution >= 4 is 23.9 Å². The van der Waals surface area contributed by atoms with Crippen LogP contribution in [0.2, 0.25) is 0 Å². The van der Waals surface area contributed by atoms with Gasteiger partial charge < -0.3 is 10.2 Å². The van der Waals surface area contributed by atoms with Crippen molar-refractivity contribution in [2.45, 2.75) is 44.1 Å². The lowest BCUT2D eigenvalue weighted by atomic mass is 9.65. The zero-order chi connectivity index (χ0) is 13.7. The third-order valence-corrected chi connectivity index (χ3v) is 5.91. The van der Waals surface area contributed by atoms with Crippen LogP contribution in [0.25, 0.3) is 0 Å². The van der Waals surface area contributed by atoms with Crippen LogP contribution < -0.4 is 4.72 Å². The summed E-state index contributed by atoms with van der Waals surface area (Å²) in [5, 5.41) is 19.5. The second kappa shape index (κ2) is 4.38. The van der Waals surface area contributed by atoms with Crippen LogP contribution >= 0.6 is 11.9 Å². The van der Waals surface area contributed by atoms with Crippen LogP contribution in [0.5, 0.6) is 0 Å². The van der Waals surface area contributed by atoms with Gasteiger partial charge in [-0.1, -0.05) is 37.6 Å². The smallest absolute Gasteiger partial charge is 0.325 e. The lowest BCUT2D eigenvalue weighted by Crippen LogP contribution is -2.62. The molecule has 106 valence electrons. The third kappa shape index (κ3) is 2.05. The average molecular weight is 285 g/mol. The summed E-state index contributed by atoms with van der Waals surface area (Å²) >= 11 is 1.27. The second-order valence-electron chi connectivity index (χ2n) is 6.28. The normalized spacial score (nSPS) is 38.3. The van der Waals surface area contributed by atoms with Gasteiger partial charge in [-0.3, -0.25) is 9.59 Å². The molecule has 2 unspecified atom stereocenters. The van der Waals surface area contributed by atoms with Crippen molar-refractivity contribution in [3.8, 4) is 0 Å². The Morgan fingerprint density at radius 1 is 1.05 bits per heavy atom. The Kier molecular flexibility index (Phi) is 3.05. The van der Waals surface area contributed by atoms with E-state index in [1.54, 1.807) is 0 Å². The molecule has 1 aliphatic heterocycles. The van der Waals surface area contributed by atoms with Gasteiger partial charge in [0, 0.05) is 5.75 Å². The van der Waals surface area contributed by atoms with Crippen molar-refractivity contribution in [2.75, 3.05) is 5.75 Å². The Balaban J connectivity index is 1.97. The molecule has 1 heterocycles. The van der Waals surface area contributed by atoms with Crippen LogP contribution in [-0.4, -0.2) is 33.4 Å². The van der Waals surface area contributed by atoms with Crippen molar-refractivity contribution in [3.63, 3.8) is 0 Å². The fourth-order valence-electron chi connectivity index (χ4n) is 3.21. The number of hydrogen-bond donors (Lipinski definition) is 3. The molecule has 0 spiro atoms. The van der Waals surface area contributed by atoms with Crippen LogP contribution in [-0.2, 0) is 9.59 Å². The van der Waals surface area contributed by atoms with Crippen molar-refractivity contribution in [3.05, 3.63) is 0 Å². The molecular formula is C13H19NO4S. The predicted octanol–water partition coefficient (Wildman–Crippen LogP) is 1.73. The third-order valence-electron chi connectivity index (χ3n) is 4.78. The topological polar surface area (TPSA) is 86.6 Å². The molecule has 2 aliphatic carbocycles.